The molecule has 0 fully saturated rings. The maximum atomic E-state index is 10.1. The summed E-state index contributed by atoms with van der Waals surface area (Å²) in [5, 5.41) is 13.5. The average molecular weight is 244 g/mol. The third kappa shape index (κ3) is 6.39. The number of aliphatic hydroxyl groups is 1. The number of nitrogens with one attached hydrogen (secondary N) is 1. The molecule has 3 heteroatoms. The molecule has 0 amide bonds. The maximum Gasteiger partial charge on any atom is 0.0766 e. The van der Waals surface area contributed by atoms with Crippen LogP contribution in [-0.2, 0) is 0 Å². The van der Waals surface area contributed by atoms with Gasteiger partial charge in [-0.15, -0.1) is 0 Å². The van der Waals surface area contributed by atoms with Gasteiger partial charge in [-0.05, 0) is 40.5 Å². The lowest BCUT2D eigenvalue weighted by Gasteiger charge is -2.31. The Bertz CT molecular complexity index is 181. The minimum atomic E-state index is -0.527. The quantitative estimate of drug-likeness (QED) is 0.611. The highest BCUT2D eigenvalue weighted by atomic mass is 16.3. The van der Waals surface area contributed by atoms with Gasteiger partial charge in [0.25, 0.3) is 0 Å². The van der Waals surface area contributed by atoms with Crippen LogP contribution in [0.5, 0.6) is 0 Å². The second-order valence-corrected chi connectivity index (χ2v) is 5.53. The van der Waals surface area contributed by atoms with Crippen molar-refractivity contribution in [3.63, 3.8) is 0 Å². The second-order valence-electron chi connectivity index (χ2n) is 5.53. The first-order chi connectivity index (χ1) is 7.86. The zero-order chi connectivity index (χ0) is 13.5. The van der Waals surface area contributed by atoms with Crippen molar-refractivity contribution in [2.45, 2.75) is 72.1 Å². The summed E-state index contributed by atoms with van der Waals surface area (Å²) < 4.78 is 0. The smallest absolute Gasteiger partial charge is 0.0766 e. The number of hydrogen-bond acceptors (Lipinski definition) is 3. The van der Waals surface area contributed by atoms with Crippen molar-refractivity contribution >= 4 is 0 Å². The molecule has 0 rings (SSSR count). The van der Waals surface area contributed by atoms with Gasteiger partial charge in [0.15, 0.2) is 0 Å². The van der Waals surface area contributed by atoms with Crippen LogP contribution >= 0.6 is 0 Å². The van der Waals surface area contributed by atoms with Gasteiger partial charge in [-0.1, -0.05) is 13.8 Å². The summed E-state index contributed by atoms with van der Waals surface area (Å²) in [5.74, 6) is 0. The molecule has 0 aliphatic carbocycles. The molecule has 0 saturated heterocycles. The highest BCUT2D eigenvalue weighted by Crippen LogP contribution is 2.12. The molecule has 2 N–H and O–H groups in total. The fourth-order valence-electron chi connectivity index (χ4n) is 2.14. The van der Waals surface area contributed by atoms with Gasteiger partial charge in [-0.25, -0.2) is 0 Å². The first-order valence-electron chi connectivity index (χ1n) is 7.05. The normalized spacial score (nSPS) is 13.1. The Kier molecular flexibility index (Phi) is 8.01. The zero-order valence-corrected chi connectivity index (χ0v) is 12.6. The summed E-state index contributed by atoms with van der Waals surface area (Å²) >= 11 is 0. The van der Waals surface area contributed by atoms with Gasteiger partial charge in [0.05, 0.1) is 5.60 Å². The molecule has 0 aromatic heterocycles. The molecule has 0 bridgehead atoms. The summed E-state index contributed by atoms with van der Waals surface area (Å²) in [7, 11) is 0. The van der Waals surface area contributed by atoms with Crippen molar-refractivity contribution in [2.75, 3.05) is 19.6 Å². The van der Waals surface area contributed by atoms with E-state index in [0.717, 1.165) is 25.9 Å². The Morgan fingerprint density at radius 2 is 1.53 bits per heavy atom. The summed E-state index contributed by atoms with van der Waals surface area (Å²) in [5.41, 5.74) is -0.527. The van der Waals surface area contributed by atoms with Crippen molar-refractivity contribution in [3.8, 4) is 0 Å². The molecule has 0 unspecified atom stereocenters. The van der Waals surface area contributed by atoms with Crippen LogP contribution < -0.4 is 5.32 Å². The fraction of sp³-hybridized carbons (Fsp3) is 1.00. The Hall–Kier alpha value is -0.120. The van der Waals surface area contributed by atoms with E-state index in [-0.39, 0.29) is 0 Å². The van der Waals surface area contributed by atoms with Crippen LogP contribution in [0.25, 0.3) is 0 Å². The molecule has 0 saturated carbocycles. The molecular weight excluding hydrogens is 212 g/mol. The van der Waals surface area contributed by atoms with Crippen molar-refractivity contribution in [1.82, 2.24) is 10.2 Å². The third-order valence-electron chi connectivity index (χ3n) is 3.64. The first kappa shape index (κ1) is 16.9. The standard InChI is InChI=1S/C14H32N2O/c1-7-14(17,8-2)11-15-9-10-16(12(3)4)13(5)6/h12-13,15,17H,7-11H2,1-6H3. The van der Waals surface area contributed by atoms with E-state index in [1.54, 1.807) is 0 Å². The molecule has 0 atom stereocenters. The molecule has 0 heterocycles. The lowest BCUT2D eigenvalue weighted by Crippen LogP contribution is -2.45. The molecule has 104 valence electrons. The zero-order valence-electron chi connectivity index (χ0n) is 12.6. The molecule has 17 heavy (non-hydrogen) atoms. The highest BCUT2D eigenvalue weighted by molar-refractivity contribution is 4.78. The summed E-state index contributed by atoms with van der Waals surface area (Å²) in [4.78, 5) is 2.46. The Morgan fingerprint density at radius 1 is 1.06 bits per heavy atom. The lowest BCUT2D eigenvalue weighted by atomic mass is 9.98. The highest BCUT2D eigenvalue weighted by Gasteiger charge is 2.21. The summed E-state index contributed by atoms with van der Waals surface area (Å²) in [6.45, 7) is 15.7. The van der Waals surface area contributed by atoms with Gasteiger partial charge in [0.2, 0.25) is 0 Å². The van der Waals surface area contributed by atoms with E-state index in [1.807, 2.05) is 13.8 Å². The molecular formula is C14H32N2O. The van der Waals surface area contributed by atoms with E-state index in [4.69, 9.17) is 0 Å². The van der Waals surface area contributed by atoms with Gasteiger partial charge in [-0.2, -0.15) is 0 Å². The van der Waals surface area contributed by atoms with E-state index in [0.29, 0.717) is 18.6 Å². The largest absolute Gasteiger partial charge is 0.389 e. The van der Waals surface area contributed by atoms with E-state index in [2.05, 4.69) is 37.9 Å². The van der Waals surface area contributed by atoms with Crippen molar-refractivity contribution in [1.29, 1.82) is 0 Å². The Morgan fingerprint density at radius 3 is 1.88 bits per heavy atom. The second kappa shape index (κ2) is 8.06. The van der Waals surface area contributed by atoms with Crippen LogP contribution in [0.4, 0.5) is 0 Å². The van der Waals surface area contributed by atoms with Crippen LogP contribution in [0, 0.1) is 0 Å². The van der Waals surface area contributed by atoms with Crippen molar-refractivity contribution in [3.05, 3.63) is 0 Å². The number of rotatable bonds is 9. The Balaban J connectivity index is 3.90. The molecule has 0 spiro atoms. The third-order valence-corrected chi connectivity index (χ3v) is 3.64. The molecule has 0 aliphatic rings. The van der Waals surface area contributed by atoms with Gasteiger partial charge in [0.1, 0.15) is 0 Å². The van der Waals surface area contributed by atoms with Gasteiger partial charge < -0.3 is 10.4 Å². The number of hydrogen-bond donors (Lipinski definition) is 2. The topological polar surface area (TPSA) is 35.5 Å². The van der Waals surface area contributed by atoms with E-state index < -0.39 is 5.60 Å². The van der Waals surface area contributed by atoms with Gasteiger partial charge in [0, 0.05) is 31.7 Å². The minimum Gasteiger partial charge on any atom is -0.389 e. The molecule has 0 aliphatic heterocycles. The molecule has 0 aromatic carbocycles. The minimum absolute atomic E-state index is 0.527. The van der Waals surface area contributed by atoms with Gasteiger partial charge >= 0.3 is 0 Å². The van der Waals surface area contributed by atoms with Crippen LogP contribution in [-0.4, -0.2) is 47.3 Å². The average Bonchev–Trinajstić information content (AvgIpc) is 2.27. The monoisotopic (exact) mass is 244 g/mol. The molecule has 0 aromatic rings. The summed E-state index contributed by atoms with van der Waals surface area (Å²) in [6.07, 6.45) is 1.63. The van der Waals surface area contributed by atoms with Crippen molar-refractivity contribution < 1.29 is 5.11 Å². The lowest BCUT2D eigenvalue weighted by molar-refractivity contribution is 0.0316. The predicted molar refractivity (Wildman–Crippen MR) is 75.4 cm³/mol. The van der Waals surface area contributed by atoms with Crippen LogP contribution in [0.2, 0.25) is 0 Å². The van der Waals surface area contributed by atoms with Gasteiger partial charge in [-0.3, -0.25) is 4.90 Å². The first-order valence-corrected chi connectivity index (χ1v) is 7.05. The fourth-order valence-corrected chi connectivity index (χ4v) is 2.14. The van der Waals surface area contributed by atoms with E-state index >= 15 is 0 Å². The Labute approximate surface area is 108 Å². The maximum absolute atomic E-state index is 10.1. The summed E-state index contributed by atoms with van der Waals surface area (Å²) in [6, 6.07) is 1.15. The molecule has 0 radical (unpaired) electrons. The van der Waals surface area contributed by atoms with E-state index in [9.17, 15) is 5.11 Å². The van der Waals surface area contributed by atoms with Crippen molar-refractivity contribution in [2.24, 2.45) is 0 Å². The van der Waals surface area contributed by atoms with Crippen LogP contribution in [0.1, 0.15) is 54.4 Å². The van der Waals surface area contributed by atoms with Crippen LogP contribution in [0.3, 0.4) is 0 Å². The SMILES string of the molecule is CCC(O)(CC)CNCCN(C(C)C)C(C)C. The van der Waals surface area contributed by atoms with Crippen LogP contribution in [0.15, 0.2) is 0 Å². The van der Waals surface area contributed by atoms with E-state index in [1.165, 1.54) is 0 Å². The number of nitrogens with zero attached hydrogens (tertiary/aromatic N) is 1. The predicted octanol–water partition coefficient (Wildman–Crippen LogP) is 2.25. The molecule has 3 nitrogen and oxygen atoms in total.